The molecular weight excluding hydrogens is 457 g/mol. The quantitative estimate of drug-likeness (QED) is 0.657. The Hall–Kier alpha value is -2.49. The topological polar surface area (TPSA) is 78.0 Å². The maximum atomic E-state index is 13.2. The lowest BCUT2D eigenvalue weighted by atomic mass is 10.1. The summed E-state index contributed by atoms with van der Waals surface area (Å²) in [7, 11) is -2.11. The largest absolute Gasteiger partial charge is 0.335 e. The first-order valence-corrected chi connectivity index (χ1v) is 12.0. The van der Waals surface area contributed by atoms with E-state index in [4.69, 9.17) is 11.6 Å². The Balaban J connectivity index is 1.65. The van der Waals surface area contributed by atoms with Crippen LogP contribution in [0.15, 0.2) is 47.4 Å². The van der Waals surface area contributed by atoms with Crippen molar-refractivity contribution in [1.29, 1.82) is 0 Å². The van der Waals surface area contributed by atoms with Crippen LogP contribution in [0.3, 0.4) is 0 Å². The van der Waals surface area contributed by atoms with Crippen molar-refractivity contribution in [2.24, 2.45) is 0 Å². The van der Waals surface area contributed by atoms with E-state index >= 15 is 0 Å². The third kappa shape index (κ3) is 4.95. The highest BCUT2D eigenvalue weighted by atomic mass is 35.5. The Bertz CT molecular complexity index is 1110. The monoisotopic (exact) mass is 481 g/mol. The number of rotatable bonds is 5. The van der Waals surface area contributed by atoms with Crippen molar-refractivity contribution in [2.45, 2.75) is 24.8 Å². The average molecular weight is 482 g/mol. The van der Waals surface area contributed by atoms with Crippen LogP contribution in [-0.4, -0.2) is 73.6 Å². The number of halogens is 2. The van der Waals surface area contributed by atoms with Gasteiger partial charge in [0.1, 0.15) is 5.82 Å². The van der Waals surface area contributed by atoms with Crippen molar-refractivity contribution in [1.82, 2.24) is 14.1 Å². The minimum atomic E-state index is -3.62. The maximum absolute atomic E-state index is 13.2. The molecule has 0 spiro atoms. The van der Waals surface area contributed by atoms with Gasteiger partial charge in [0.25, 0.3) is 11.8 Å². The molecule has 2 aromatic carbocycles. The van der Waals surface area contributed by atoms with Crippen LogP contribution in [0.4, 0.5) is 4.39 Å². The highest BCUT2D eigenvalue weighted by Crippen LogP contribution is 2.21. The van der Waals surface area contributed by atoms with Crippen molar-refractivity contribution < 1.29 is 22.4 Å². The average Bonchev–Trinajstić information content (AvgIpc) is 2.77. The van der Waals surface area contributed by atoms with Gasteiger partial charge in [-0.05, 0) is 56.3 Å². The van der Waals surface area contributed by atoms with Crippen LogP contribution >= 0.6 is 11.6 Å². The lowest BCUT2D eigenvalue weighted by Crippen LogP contribution is -2.50. The third-order valence-electron chi connectivity index (χ3n) is 5.52. The highest BCUT2D eigenvalue weighted by Gasteiger charge is 2.27. The molecule has 10 heteroatoms. The molecule has 0 aliphatic carbocycles. The molecule has 0 radical (unpaired) electrons. The Morgan fingerprint density at radius 2 is 1.50 bits per heavy atom. The number of hydrogen-bond donors (Lipinski definition) is 0. The second-order valence-corrected chi connectivity index (χ2v) is 10.3. The molecule has 1 saturated heterocycles. The zero-order chi connectivity index (χ0) is 23.6. The molecule has 1 aliphatic heterocycles. The van der Waals surface area contributed by atoms with E-state index in [0.717, 1.165) is 6.07 Å². The van der Waals surface area contributed by atoms with Crippen molar-refractivity contribution in [3.8, 4) is 0 Å². The number of sulfonamides is 1. The lowest BCUT2D eigenvalue weighted by molar-refractivity contribution is 0.0535. The van der Waals surface area contributed by atoms with Gasteiger partial charge in [-0.1, -0.05) is 11.6 Å². The van der Waals surface area contributed by atoms with Gasteiger partial charge in [0.05, 0.1) is 15.5 Å². The maximum Gasteiger partial charge on any atom is 0.255 e. The summed E-state index contributed by atoms with van der Waals surface area (Å²) in [6.45, 7) is 4.82. The fraction of sp³-hybridized carbons (Fsp3) is 0.364. The summed E-state index contributed by atoms with van der Waals surface area (Å²) in [6.07, 6.45) is 0. The number of carbonyl (C=O) groups excluding carboxylic acids is 2. The molecule has 0 atom stereocenters. The van der Waals surface area contributed by atoms with Gasteiger partial charge in [0.2, 0.25) is 10.0 Å². The molecule has 3 rings (SSSR count). The number of carbonyl (C=O) groups is 2. The molecule has 2 aromatic rings. The van der Waals surface area contributed by atoms with Crippen molar-refractivity contribution >= 4 is 33.4 Å². The van der Waals surface area contributed by atoms with E-state index in [1.165, 1.54) is 47.8 Å². The fourth-order valence-electron chi connectivity index (χ4n) is 3.34. The lowest BCUT2D eigenvalue weighted by Gasteiger charge is -2.35. The van der Waals surface area contributed by atoms with Crippen molar-refractivity contribution in [3.05, 3.63) is 64.4 Å². The summed E-state index contributed by atoms with van der Waals surface area (Å²) in [6, 6.07) is 9.29. The van der Waals surface area contributed by atoms with Gasteiger partial charge in [-0.3, -0.25) is 9.59 Å². The van der Waals surface area contributed by atoms with Crippen LogP contribution in [0.25, 0.3) is 0 Å². The summed E-state index contributed by atoms with van der Waals surface area (Å²) in [5.41, 5.74) is 0.591. The van der Waals surface area contributed by atoms with Crippen LogP contribution in [-0.2, 0) is 10.0 Å². The van der Waals surface area contributed by atoms with Crippen LogP contribution in [0.2, 0.25) is 5.02 Å². The predicted molar refractivity (Wildman–Crippen MR) is 120 cm³/mol. The first-order chi connectivity index (χ1) is 15.0. The summed E-state index contributed by atoms with van der Waals surface area (Å²) in [5, 5.41) is 0.0478. The molecule has 1 heterocycles. The molecule has 32 heavy (non-hydrogen) atoms. The van der Waals surface area contributed by atoms with E-state index in [1.807, 2.05) is 0 Å². The van der Waals surface area contributed by atoms with Crippen LogP contribution < -0.4 is 0 Å². The van der Waals surface area contributed by atoms with E-state index in [2.05, 4.69) is 0 Å². The summed E-state index contributed by atoms with van der Waals surface area (Å²) < 4.78 is 39.7. The van der Waals surface area contributed by atoms with Gasteiger partial charge in [0, 0.05) is 44.8 Å². The molecule has 0 bridgehead atoms. The normalized spacial score (nSPS) is 14.8. The second-order valence-electron chi connectivity index (χ2n) is 7.85. The van der Waals surface area contributed by atoms with Crippen molar-refractivity contribution in [3.63, 3.8) is 0 Å². The second kappa shape index (κ2) is 9.56. The van der Waals surface area contributed by atoms with E-state index < -0.39 is 15.8 Å². The van der Waals surface area contributed by atoms with E-state index in [9.17, 15) is 22.4 Å². The van der Waals surface area contributed by atoms with Crippen LogP contribution in [0, 0.1) is 5.82 Å². The molecule has 0 N–H and O–H groups in total. The molecule has 1 aliphatic rings. The van der Waals surface area contributed by atoms with Crippen molar-refractivity contribution in [2.75, 3.05) is 33.2 Å². The number of piperazine rings is 1. The van der Waals surface area contributed by atoms with E-state index in [-0.39, 0.29) is 33.3 Å². The van der Waals surface area contributed by atoms with Gasteiger partial charge >= 0.3 is 0 Å². The van der Waals surface area contributed by atoms with Gasteiger partial charge in [-0.15, -0.1) is 0 Å². The number of benzene rings is 2. The molecule has 172 valence electrons. The Morgan fingerprint density at radius 3 is 2.00 bits per heavy atom. The SMILES string of the molecule is CC(C)N(C)S(=O)(=O)c1ccc(C(=O)N2CCN(C(=O)c3ccc(F)cc3Cl)CC2)cc1. The molecule has 0 aromatic heterocycles. The van der Waals surface area contributed by atoms with Crippen LogP contribution in [0.5, 0.6) is 0 Å². The molecule has 0 unspecified atom stereocenters. The molecule has 7 nitrogen and oxygen atoms in total. The van der Waals surface area contributed by atoms with E-state index in [0.29, 0.717) is 31.7 Å². The Morgan fingerprint density at radius 1 is 0.969 bits per heavy atom. The van der Waals surface area contributed by atoms with Gasteiger partial charge in [0.15, 0.2) is 0 Å². The summed E-state index contributed by atoms with van der Waals surface area (Å²) in [4.78, 5) is 28.8. The minimum absolute atomic E-state index is 0.0478. The first-order valence-electron chi connectivity index (χ1n) is 10.1. The summed E-state index contributed by atoms with van der Waals surface area (Å²) in [5.74, 6) is -1.07. The molecular formula is C22H25ClFN3O4S. The molecule has 1 fully saturated rings. The van der Waals surface area contributed by atoms with Crippen LogP contribution in [0.1, 0.15) is 34.6 Å². The Labute approximate surface area is 192 Å². The number of hydrogen-bond acceptors (Lipinski definition) is 4. The zero-order valence-electron chi connectivity index (χ0n) is 18.1. The van der Waals surface area contributed by atoms with E-state index in [1.54, 1.807) is 23.6 Å². The van der Waals surface area contributed by atoms with Gasteiger partial charge in [-0.2, -0.15) is 4.31 Å². The molecule has 0 saturated carbocycles. The predicted octanol–water partition coefficient (Wildman–Crippen LogP) is 3.11. The number of nitrogens with zero attached hydrogens (tertiary/aromatic N) is 3. The first kappa shape index (κ1) is 24.2. The Kier molecular flexibility index (Phi) is 7.22. The zero-order valence-corrected chi connectivity index (χ0v) is 19.7. The smallest absolute Gasteiger partial charge is 0.255 e. The minimum Gasteiger partial charge on any atom is -0.335 e. The number of amides is 2. The highest BCUT2D eigenvalue weighted by molar-refractivity contribution is 7.89. The standard InChI is InChI=1S/C22H25ClFN3O4S/c1-15(2)25(3)32(30,31)18-7-4-16(5-8-18)21(28)26-10-12-27(13-11-26)22(29)19-9-6-17(24)14-20(19)23/h4-9,14-15H,10-13H2,1-3H3. The van der Waals surface area contributed by atoms with Gasteiger partial charge < -0.3 is 9.80 Å². The third-order valence-corrected chi connectivity index (χ3v) is 7.88. The summed E-state index contributed by atoms with van der Waals surface area (Å²) >= 11 is 5.99. The fourth-order valence-corrected chi connectivity index (χ4v) is 4.96. The molecule has 2 amide bonds. The van der Waals surface area contributed by atoms with Gasteiger partial charge in [-0.25, -0.2) is 12.8 Å².